The smallest absolute Gasteiger partial charge is 0.0964 e. The molecular weight excluding hydrogens is 350 g/mol. The molecule has 0 radical (unpaired) electrons. The van der Waals surface area contributed by atoms with Crippen LogP contribution in [0.25, 0.3) is 0 Å². The minimum absolute atomic E-state index is 0.464. The van der Waals surface area contributed by atoms with Crippen molar-refractivity contribution in [1.29, 1.82) is 0 Å². The molecule has 2 aromatic rings. The van der Waals surface area contributed by atoms with Gasteiger partial charge in [-0.3, -0.25) is 4.68 Å². The summed E-state index contributed by atoms with van der Waals surface area (Å²) < 4.78 is 3.10. The van der Waals surface area contributed by atoms with Crippen molar-refractivity contribution in [3.8, 4) is 0 Å². The van der Waals surface area contributed by atoms with E-state index in [2.05, 4.69) is 68.8 Å². The van der Waals surface area contributed by atoms with Gasteiger partial charge in [-0.1, -0.05) is 19.1 Å². The predicted octanol–water partition coefficient (Wildman–Crippen LogP) is 2.73. The largest absolute Gasteiger partial charge is 0.309 e. The topological polar surface area (TPSA) is 46.0 Å². The number of hydrogen-bond acceptors (Lipinski definition) is 5. The van der Waals surface area contributed by atoms with E-state index < -0.39 is 0 Å². The van der Waals surface area contributed by atoms with Gasteiger partial charge in [0.2, 0.25) is 0 Å². The molecule has 0 unspecified atom stereocenters. The van der Waals surface area contributed by atoms with Gasteiger partial charge in [0.1, 0.15) is 0 Å². The van der Waals surface area contributed by atoms with Gasteiger partial charge in [0, 0.05) is 31.9 Å². The van der Waals surface area contributed by atoms with Crippen LogP contribution in [0.4, 0.5) is 0 Å². The SMILES string of the molecule is CC(C)NCc1cn(CCN(C)Cc2csc(Br)c2)nn1. The van der Waals surface area contributed by atoms with E-state index in [4.69, 9.17) is 0 Å². The summed E-state index contributed by atoms with van der Waals surface area (Å²) in [5.41, 5.74) is 2.34. The molecule has 5 nitrogen and oxygen atoms in total. The molecule has 0 atom stereocenters. The Bertz CT molecular complexity index is 551. The normalized spacial score (nSPS) is 11.7. The second-order valence-electron chi connectivity index (χ2n) is 5.51. The van der Waals surface area contributed by atoms with Gasteiger partial charge < -0.3 is 10.2 Å². The first-order valence-electron chi connectivity index (χ1n) is 7.07. The van der Waals surface area contributed by atoms with Crippen LogP contribution in [-0.2, 0) is 19.6 Å². The number of hydrogen-bond donors (Lipinski definition) is 1. The van der Waals surface area contributed by atoms with Crippen molar-refractivity contribution in [2.45, 2.75) is 39.5 Å². The van der Waals surface area contributed by atoms with Gasteiger partial charge in [-0.25, -0.2) is 0 Å². The Kier molecular flexibility index (Phi) is 6.35. The third-order valence-corrected chi connectivity index (χ3v) is 4.62. The molecule has 0 aliphatic carbocycles. The fraction of sp³-hybridized carbons (Fsp3) is 0.571. The first-order chi connectivity index (χ1) is 10.0. The van der Waals surface area contributed by atoms with Gasteiger partial charge >= 0.3 is 0 Å². The Morgan fingerprint density at radius 2 is 2.29 bits per heavy atom. The number of nitrogens with zero attached hydrogens (tertiary/aromatic N) is 4. The van der Waals surface area contributed by atoms with Crippen molar-refractivity contribution in [3.05, 3.63) is 32.7 Å². The molecule has 116 valence electrons. The van der Waals surface area contributed by atoms with E-state index in [1.165, 1.54) is 9.35 Å². The van der Waals surface area contributed by atoms with Gasteiger partial charge in [0.25, 0.3) is 0 Å². The van der Waals surface area contributed by atoms with Crippen LogP contribution in [0.5, 0.6) is 0 Å². The lowest BCUT2D eigenvalue weighted by molar-refractivity contribution is 0.304. The summed E-state index contributed by atoms with van der Waals surface area (Å²) in [6, 6.07) is 2.64. The lowest BCUT2D eigenvalue weighted by Gasteiger charge is -2.15. The Morgan fingerprint density at radius 1 is 1.48 bits per heavy atom. The second kappa shape index (κ2) is 8.03. The molecule has 7 heteroatoms. The lowest BCUT2D eigenvalue weighted by Crippen LogP contribution is -2.23. The number of aromatic nitrogens is 3. The second-order valence-corrected chi connectivity index (χ2v) is 7.80. The van der Waals surface area contributed by atoms with Gasteiger partial charge in [-0.15, -0.1) is 16.4 Å². The number of thiophene rings is 1. The molecule has 2 aromatic heterocycles. The zero-order valence-electron chi connectivity index (χ0n) is 12.7. The maximum Gasteiger partial charge on any atom is 0.0964 e. The van der Waals surface area contributed by atoms with Crippen LogP contribution >= 0.6 is 27.3 Å². The van der Waals surface area contributed by atoms with Crippen molar-refractivity contribution >= 4 is 27.3 Å². The molecule has 0 saturated carbocycles. The van der Waals surface area contributed by atoms with Gasteiger partial charge in [-0.2, -0.15) is 0 Å². The van der Waals surface area contributed by atoms with Gasteiger partial charge in [0.15, 0.2) is 0 Å². The Labute approximate surface area is 138 Å². The molecule has 2 rings (SSSR count). The third kappa shape index (κ3) is 5.86. The maximum atomic E-state index is 4.18. The van der Waals surface area contributed by atoms with Crippen molar-refractivity contribution in [2.24, 2.45) is 0 Å². The van der Waals surface area contributed by atoms with Gasteiger partial charge in [-0.05, 0) is 40.0 Å². The molecule has 21 heavy (non-hydrogen) atoms. The molecule has 1 N–H and O–H groups in total. The first kappa shape index (κ1) is 16.6. The Morgan fingerprint density at radius 3 is 2.95 bits per heavy atom. The van der Waals surface area contributed by atoms with Crippen LogP contribution in [0.15, 0.2) is 21.4 Å². The molecule has 0 fully saturated rings. The van der Waals surface area contributed by atoms with E-state index in [1.54, 1.807) is 11.3 Å². The van der Waals surface area contributed by atoms with Crippen LogP contribution in [0.1, 0.15) is 25.1 Å². The Hall–Kier alpha value is -0.760. The lowest BCUT2D eigenvalue weighted by atomic mass is 10.3. The molecule has 0 aromatic carbocycles. The molecule has 0 saturated heterocycles. The highest BCUT2D eigenvalue weighted by atomic mass is 79.9. The highest BCUT2D eigenvalue weighted by molar-refractivity contribution is 9.11. The van der Waals surface area contributed by atoms with E-state index in [0.29, 0.717) is 6.04 Å². The fourth-order valence-electron chi connectivity index (χ4n) is 1.93. The fourth-order valence-corrected chi connectivity index (χ4v) is 3.13. The third-order valence-electron chi connectivity index (χ3n) is 3.06. The summed E-state index contributed by atoms with van der Waals surface area (Å²) in [7, 11) is 2.13. The molecular formula is C14H22BrN5S. The molecule has 0 amide bonds. The van der Waals surface area contributed by atoms with Gasteiger partial charge in [0.05, 0.1) is 16.0 Å². The van der Waals surface area contributed by atoms with Crippen molar-refractivity contribution in [2.75, 3.05) is 13.6 Å². The summed E-state index contributed by atoms with van der Waals surface area (Å²) in [4.78, 5) is 2.29. The zero-order valence-corrected chi connectivity index (χ0v) is 15.1. The van der Waals surface area contributed by atoms with E-state index in [9.17, 15) is 0 Å². The standard InChI is InChI=1S/C14H22BrN5S/c1-11(2)16-7-13-9-20(18-17-13)5-4-19(3)8-12-6-14(15)21-10-12/h6,9-11,16H,4-5,7-8H2,1-3H3. The quantitative estimate of drug-likeness (QED) is 0.774. The highest BCUT2D eigenvalue weighted by Crippen LogP contribution is 2.21. The van der Waals surface area contributed by atoms with E-state index in [0.717, 1.165) is 31.9 Å². The summed E-state index contributed by atoms with van der Waals surface area (Å²) >= 11 is 5.22. The average molecular weight is 372 g/mol. The Balaban J connectivity index is 1.74. The van der Waals surface area contributed by atoms with Crippen molar-refractivity contribution < 1.29 is 0 Å². The number of rotatable bonds is 8. The van der Waals surface area contributed by atoms with Crippen LogP contribution in [0.2, 0.25) is 0 Å². The molecule has 0 spiro atoms. The number of halogens is 1. The summed E-state index contributed by atoms with van der Waals surface area (Å²) in [5.74, 6) is 0. The monoisotopic (exact) mass is 371 g/mol. The van der Waals surface area contributed by atoms with Crippen LogP contribution in [0.3, 0.4) is 0 Å². The average Bonchev–Trinajstić information content (AvgIpc) is 3.03. The number of likely N-dealkylation sites (N-methyl/N-ethyl adjacent to an activating group) is 1. The molecule has 0 bridgehead atoms. The van der Waals surface area contributed by atoms with Crippen LogP contribution in [0, 0.1) is 0 Å². The predicted molar refractivity (Wildman–Crippen MR) is 90.4 cm³/mol. The summed E-state index contributed by atoms with van der Waals surface area (Å²) in [6.07, 6.45) is 2.02. The van der Waals surface area contributed by atoms with E-state index >= 15 is 0 Å². The van der Waals surface area contributed by atoms with Crippen LogP contribution in [-0.4, -0.2) is 39.5 Å². The van der Waals surface area contributed by atoms with Crippen LogP contribution < -0.4 is 5.32 Å². The van der Waals surface area contributed by atoms with Crippen molar-refractivity contribution in [3.63, 3.8) is 0 Å². The molecule has 0 aliphatic heterocycles. The summed E-state index contributed by atoms with van der Waals surface area (Å²) in [6.45, 7) is 7.80. The molecule has 2 heterocycles. The zero-order chi connectivity index (χ0) is 15.2. The minimum atomic E-state index is 0.464. The maximum absolute atomic E-state index is 4.18. The van der Waals surface area contributed by atoms with E-state index in [1.807, 2.05) is 10.9 Å². The van der Waals surface area contributed by atoms with E-state index in [-0.39, 0.29) is 0 Å². The minimum Gasteiger partial charge on any atom is -0.309 e. The summed E-state index contributed by atoms with van der Waals surface area (Å²) in [5, 5.41) is 13.9. The highest BCUT2D eigenvalue weighted by Gasteiger charge is 2.05. The first-order valence-corrected chi connectivity index (χ1v) is 8.74. The number of nitrogens with one attached hydrogen (secondary N) is 1. The molecule has 0 aliphatic rings. The van der Waals surface area contributed by atoms with Crippen molar-refractivity contribution in [1.82, 2.24) is 25.2 Å².